The van der Waals surface area contributed by atoms with E-state index in [2.05, 4.69) is 10.3 Å². The Bertz CT molecular complexity index is 739. The summed E-state index contributed by atoms with van der Waals surface area (Å²) in [5.41, 5.74) is 7.95. The van der Waals surface area contributed by atoms with Gasteiger partial charge in [0, 0.05) is 23.1 Å². The van der Waals surface area contributed by atoms with Gasteiger partial charge in [0.2, 0.25) is 5.91 Å². The number of para-hydroxylation sites is 1. The van der Waals surface area contributed by atoms with Crippen LogP contribution in [0.5, 0.6) is 0 Å². The Morgan fingerprint density at radius 2 is 1.88 bits per heavy atom. The van der Waals surface area contributed by atoms with E-state index in [4.69, 9.17) is 5.73 Å². The van der Waals surface area contributed by atoms with Gasteiger partial charge < -0.3 is 16.0 Å². The Labute approximate surface area is 156 Å². The van der Waals surface area contributed by atoms with Gasteiger partial charge in [-0.1, -0.05) is 18.2 Å². The first-order valence-corrected chi connectivity index (χ1v) is 8.52. The molecule has 1 saturated carbocycles. The zero-order chi connectivity index (χ0) is 18.0. The van der Waals surface area contributed by atoms with E-state index >= 15 is 0 Å². The minimum Gasteiger partial charge on any atom is -0.361 e. The highest BCUT2D eigenvalue weighted by Crippen LogP contribution is 2.37. The molecule has 1 aliphatic rings. The van der Waals surface area contributed by atoms with Crippen LogP contribution in [0.2, 0.25) is 0 Å². The monoisotopic (exact) mass is 389 g/mol. The second-order valence-electron chi connectivity index (χ2n) is 6.77. The predicted molar refractivity (Wildman–Crippen MR) is 97.2 cm³/mol. The summed E-state index contributed by atoms with van der Waals surface area (Å²) < 4.78 is 38.1. The van der Waals surface area contributed by atoms with Crippen LogP contribution in [0.4, 0.5) is 13.2 Å². The average molecular weight is 390 g/mol. The fourth-order valence-corrected chi connectivity index (χ4v) is 3.50. The van der Waals surface area contributed by atoms with Crippen LogP contribution in [0.25, 0.3) is 10.9 Å². The molecule has 26 heavy (non-hydrogen) atoms. The fraction of sp³-hybridized carbons (Fsp3) is 0.500. The molecule has 4 N–H and O–H groups in total. The molecule has 1 atom stereocenters. The third-order valence-corrected chi connectivity index (χ3v) is 4.99. The van der Waals surface area contributed by atoms with Gasteiger partial charge in [-0.05, 0) is 43.7 Å². The van der Waals surface area contributed by atoms with Crippen LogP contribution in [0.15, 0.2) is 30.5 Å². The van der Waals surface area contributed by atoms with Crippen molar-refractivity contribution in [1.29, 1.82) is 0 Å². The van der Waals surface area contributed by atoms with Gasteiger partial charge in [-0.25, -0.2) is 0 Å². The molecule has 1 aromatic heterocycles. The molecule has 0 radical (unpaired) electrons. The molecule has 3 rings (SSSR count). The summed E-state index contributed by atoms with van der Waals surface area (Å²) >= 11 is 0. The van der Waals surface area contributed by atoms with E-state index in [0.29, 0.717) is 19.3 Å². The van der Waals surface area contributed by atoms with E-state index in [0.717, 1.165) is 16.5 Å². The highest BCUT2D eigenvalue weighted by molar-refractivity contribution is 5.86. The largest absolute Gasteiger partial charge is 0.391 e. The standard InChI is InChI=1S/C18H22F3N3O.ClH/c19-18(20,21)12-5-7-13(8-6-12)24-17(25)15(22)9-11-10-23-16-4-2-1-3-14(11)16;/h1-4,10,12-13,15,23H,5-9,22H2,(H,24,25);1H/t12?,13?,15-;/m0./s1. The third kappa shape index (κ3) is 4.71. The summed E-state index contributed by atoms with van der Waals surface area (Å²) in [5, 5.41) is 3.83. The van der Waals surface area contributed by atoms with Gasteiger partial charge in [-0.3, -0.25) is 4.79 Å². The van der Waals surface area contributed by atoms with Crippen LogP contribution >= 0.6 is 12.4 Å². The van der Waals surface area contributed by atoms with E-state index < -0.39 is 18.1 Å². The number of H-pyrrole nitrogens is 1. The van der Waals surface area contributed by atoms with E-state index in [1.165, 1.54) is 0 Å². The number of benzene rings is 1. The lowest BCUT2D eigenvalue weighted by molar-refractivity contribution is -0.182. The number of halogens is 4. The van der Waals surface area contributed by atoms with Crippen molar-refractivity contribution in [2.75, 3.05) is 0 Å². The molecule has 0 saturated heterocycles. The zero-order valence-electron chi connectivity index (χ0n) is 14.2. The van der Waals surface area contributed by atoms with E-state index in [-0.39, 0.29) is 37.2 Å². The van der Waals surface area contributed by atoms with E-state index in [1.54, 1.807) is 0 Å². The molecule has 1 amide bonds. The maximum Gasteiger partial charge on any atom is 0.391 e. The number of rotatable bonds is 4. The molecule has 1 fully saturated rings. The zero-order valence-corrected chi connectivity index (χ0v) is 15.0. The molecular weight excluding hydrogens is 367 g/mol. The van der Waals surface area contributed by atoms with Crippen molar-refractivity contribution in [2.24, 2.45) is 11.7 Å². The third-order valence-electron chi connectivity index (χ3n) is 4.99. The van der Waals surface area contributed by atoms with Gasteiger partial charge in [0.05, 0.1) is 12.0 Å². The Morgan fingerprint density at radius 3 is 2.54 bits per heavy atom. The highest BCUT2D eigenvalue weighted by atomic mass is 35.5. The van der Waals surface area contributed by atoms with Crippen LogP contribution in [0.3, 0.4) is 0 Å². The molecular formula is C18H23ClF3N3O. The molecule has 1 heterocycles. The number of hydrogen-bond acceptors (Lipinski definition) is 2. The van der Waals surface area contributed by atoms with Crippen molar-refractivity contribution in [2.45, 2.75) is 50.4 Å². The number of nitrogens with two attached hydrogens (primary N) is 1. The van der Waals surface area contributed by atoms with Crippen molar-refractivity contribution in [3.8, 4) is 0 Å². The molecule has 0 aliphatic heterocycles. The topological polar surface area (TPSA) is 70.9 Å². The molecule has 0 bridgehead atoms. The minimum absolute atomic E-state index is 0. The summed E-state index contributed by atoms with van der Waals surface area (Å²) in [6.07, 6.45) is -1.11. The van der Waals surface area contributed by atoms with Gasteiger partial charge in [-0.15, -0.1) is 12.4 Å². The minimum atomic E-state index is -4.14. The SMILES string of the molecule is Cl.N[C@@H](Cc1c[nH]c2ccccc12)C(=O)NC1CCC(C(F)(F)F)CC1. The summed E-state index contributed by atoms with van der Waals surface area (Å²) in [4.78, 5) is 15.4. The predicted octanol–water partition coefficient (Wildman–Crippen LogP) is 3.70. The maximum absolute atomic E-state index is 12.7. The molecule has 4 nitrogen and oxygen atoms in total. The Kier molecular flexibility index (Phi) is 6.58. The molecule has 0 spiro atoms. The molecule has 2 aromatic rings. The Morgan fingerprint density at radius 1 is 1.23 bits per heavy atom. The second-order valence-corrected chi connectivity index (χ2v) is 6.77. The Hall–Kier alpha value is -1.73. The lowest BCUT2D eigenvalue weighted by Gasteiger charge is -2.30. The summed E-state index contributed by atoms with van der Waals surface area (Å²) in [6.45, 7) is 0. The number of nitrogens with one attached hydrogen (secondary N) is 2. The second kappa shape index (κ2) is 8.31. The number of aromatic nitrogens is 1. The van der Waals surface area contributed by atoms with Gasteiger partial charge in [0.25, 0.3) is 0 Å². The summed E-state index contributed by atoms with van der Waals surface area (Å²) in [5.74, 6) is -1.55. The molecule has 144 valence electrons. The van der Waals surface area contributed by atoms with Crippen molar-refractivity contribution < 1.29 is 18.0 Å². The summed E-state index contributed by atoms with van der Waals surface area (Å²) in [6, 6.07) is 6.81. The quantitative estimate of drug-likeness (QED) is 0.746. The number of aromatic amines is 1. The van der Waals surface area contributed by atoms with Crippen LogP contribution in [0.1, 0.15) is 31.2 Å². The molecule has 8 heteroatoms. The first-order chi connectivity index (χ1) is 11.8. The number of carbonyl (C=O) groups is 1. The normalized spacial score (nSPS) is 21.8. The number of alkyl halides is 3. The summed E-state index contributed by atoms with van der Waals surface area (Å²) in [7, 11) is 0. The van der Waals surface area contributed by atoms with E-state index in [1.807, 2.05) is 30.5 Å². The fourth-order valence-electron chi connectivity index (χ4n) is 3.50. The van der Waals surface area contributed by atoms with Crippen LogP contribution in [0, 0.1) is 5.92 Å². The first-order valence-electron chi connectivity index (χ1n) is 8.52. The van der Waals surface area contributed by atoms with Crippen molar-refractivity contribution in [3.05, 3.63) is 36.0 Å². The van der Waals surface area contributed by atoms with Gasteiger partial charge in [-0.2, -0.15) is 13.2 Å². The Balaban J connectivity index is 0.00000243. The van der Waals surface area contributed by atoms with Gasteiger partial charge >= 0.3 is 6.18 Å². The van der Waals surface area contributed by atoms with Gasteiger partial charge in [0.15, 0.2) is 0 Å². The van der Waals surface area contributed by atoms with Crippen molar-refractivity contribution in [1.82, 2.24) is 10.3 Å². The molecule has 1 aromatic carbocycles. The molecule has 0 unspecified atom stereocenters. The number of fused-ring (bicyclic) bond motifs is 1. The van der Waals surface area contributed by atoms with Crippen LogP contribution in [-0.4, -0.2) is 29.2 Å². The number of amides is 1. The van der Waals surface area contributed by atoms with Gasteiger partial charge in [0.1, 0.15) is 0 Å². The van der Waals surface area contributed by atoms with Crippen LogP contribution < -0.4 is 11.1 Å². The van der Waals surface area contributed by atoms with Crippen molar-refractivity contribution in [3.63, 3.8) is 0 Å². The average Bonchev–Trinajstić information content (AvgIpc) is 2.97. The maximum atomic E-state index is 12.7. The highest BCUT2D eigenvalue weighted by Gasteiger charge is 2.41. The smallest absolute Gasteiger partial charge is 0.361 e. The number of carbonyl (C=O) groups excluding carboxylic acids is 1. The molecule has 1 aliphatic carbocycles. The lowest BCUT2D eigenvalue weighted by atomic mass is 9.85. The number of hydrogen-bond donors (Lipinski definition) is 3. The van der Waals surface area contributed by atoms with E-state index in [9.17, 15) is 18.0 Å². The first kappa shape index (κ1) is 20.6. The lowest BCUT2D eigenvalue weighted by Crippen LogP contribution is -2.48. The van der Waals surface area contributed by atoms with Crippen molar-refractivity contribution >= 4 is 29.2 Å². The van der Waals surface area contributed by atoms with Crippen LogP contribution in [-0.2, 0) is 11.2 Å².